The summed E-state index contributed by atoms with van der Waals surface area (Å²) in [4.78, 5) is 138. The first kappa shape index (κ1) is 64.2. The predicted molar refractivity (Wildman–Crippen MR) is 315 cm³/mol. The van der Waals surface area contributed by atoms with Crippen LogP contribution in [0.5, 0.6) is 5.75 Å². The molecule has 4 heterocycles. The summed E-state index contributed by atoms with van der Waals surface area (Å²) in [5, 5.41) is 12.0. The van der Waals surface area contributed by atoms with Gasteiger partial charge in [-0.15, -0.1) is 11.3 Å². The summed E-state index contributed by atoms with van der Waals surface area (Å²) in [7, 11) is -5.06. The summed E-state index contributed by atoms with van der Waals surface area (Å²) in [6.07, 6.45) is 3.08. The number of H-pyrrole nitrogens is 1. The highest BCUT2D eigenvalue weighted by Gasteiger charge is 2.43. The Morgan fingerprint density at radius 2 is 1.52 bits per heavy atom. The number of likely N-dealkylation sites (tertiary alicyclic amines) is 2. The second kappa shape index (κ2) is 28.0. The number of hydrogen-bond donors (Lipinski definition) is 8. The SMILES string of the molecule is Cc1ncsc1-c1ccc([C@H](C)NC(=O)[C@@H]2CCCN2C(=O)[C@@H](NC(=O)CCCCc2cccc(OC[C@H](CCC(N)=O)NC(=O)[C@@H]3CCCN3C(=O)[C@H](CC(C)C)NC(=O)c3cc4cc(C(=O)P(=O)(O)O)ccc4[nH]3)c2F)C(C)(C)C)cc1. The van der Waals surface area contributed by atoms with Crippen LogP contribution in [0.15, 0.2) is 72.2 Å². The first-order chi connectivity index (χ1) is 39.7. The third-order valence-corrected chi connectivity index (χ3v) is 17.0. The number of carbonyl (C=O) groups is 8. The number of halogens is 1. The number of aryl methyl sites for hydroxylation is 2. The molecule has 3 aromatic carbocycles. The zero-order chi connectivity index (χ0) is 61.2. The molecule has 24 heteroatoms. The van der Waals surface area contributed by atoms with Gasteiger partial charge in [0.2, 0.25) is 35.4 Å². The summed E-state index contributed by atoms with van der Waals surface area (Å²) < 4.78 is 33.6. The third-order valence-electron chi connectivity index (χ3n) is 15.2. The molecule has 2 saturated heterocycles. The van der Waals surface area contributed by atoms with Gasteiger partial charge in [0, 0.05) is 42.4 Å². The van der Waals surface area contributed by atoms with Crippen molar-refractivity contribution in [1.29, 1.82) is 0 Å². The molecule has 84 heavy (non-hydrogen) atoms. The lowest BCUT2D eigenvalue weighted by Gasteiger charge is -2.35. The number of fused-ring (bicyclic) bond motifs is 1. The highest BCUT2D eigenvalue weighted by atomic mass is 32.1. The number of nitrogens with one attached hydrogen (secondary N) is 5. The van der Waals surface area contributed by atoms with E-state index in [2.05, 4.69) is 31.2 Å². The number of unbranched alkanes of at least 4 members (excludes halogenated alkanes) is 1. The Hall–Kier alpha value is -7.33. The molecule has 6 atom stereocenters. The molecule has 452 valence electrons. The molecule has 9 N–H and O–H groups in total. The molecule has 0 saturated carbocycles. The van der Waals surface area contributed by atoms with Crippen molar-refractivity contribution in [2.24, 2.45) is 17.1 Å². The zero-order valence-electron chi connectivity index (χ0n) is 48.5. The van der Waals surface area contributed by atoms with Crippen LogP contribution in [0.2, 0.25) is 0 Å². The smallest absolute Gasteiger partial charge is 0.396 e. The summed E-state index contributed by atoms with van der Waals surface area (Å²) in [5.41, 5.74) is 8.66. The average molecular weight is 1200 g/mol. The maximum atomic E-state index is 16.1. The average Bonchev–Trinajstić information content (AvgIpc) is 3.45. The first-order valence-corrected chi connectivity index (χ1v) is 30.9. The second-order valence-corrected chi connectivity index (χ2v) is 25.7. The lowest BCUT2D eigenvalue weighted by atomic mass is 9.85. The molecule has 0 aliphatic carbocycles. The molecular weight excluding hydrogens is 1120 g/mol. The van der Waals surface area contributed by atoms with E-state index in [4.69, 9.17) is 10.5 Å². The van der Waals surface area contributed by atoms with Crippen molar-refractivity contribution >= 4 is 76.7 Å². The molecule has 2 fully saturated rings. The van der Waals surface area contributed by atoms with E-state index < -0.39 is 78.2 Å². The van der Waals surface area contributed by atoms with Crippen LogP contribution < -0.4 is 31.7 Å². The van der Waals surface area contributed by atoms with Crippen molar-refractivity contribution in [3.05, 3.63) is 106 Å². The number of aromatic amines is 1. The van der Waals surface area contributed by atoms with E-state index >= 15 is 4.39 Å². The van der Waals surface area contributed by atoms with Crippen molar-refractivity contribution in [3.8, 4) is 16.2 Å². The van der Waals surface area contributed by atoms with Gasteiger partial charge < -0.3 is 56.3 Å². The molecule has 21 nitrogen and oxygen atoms in total. The van der Waals surface area contributed by atoms with Gasteiger partial charge in [0.05, 0.1) is 28.2 Å². The van der Waals surface area contributed by atoms with E-state index in [-0.39, 0.29) is 91.9 Å². The Bertz CT molecular complexity index is 3280. The van der Waals surface area contributed by atoms with E-state index in [9.17, 15) is 52.7 Å². The Balaban J connectivity index is 0.905. The zero-order valence-corrected chi connectivity index (χ0v) is 50.2. The molecular formula is C60H77FN9O12PS. The number of ether oxygens (including phenoxy) is 1. The van der Waals surface area contributed by atoms with Gasteiger partial charge in [-0.3, -0.25) is 42.9 Å². The number of rotatable bonds is 26. The quantitative estimate of drug-likeness (QED) is 0.0202. The standard InChI is InChI=1S/C60H77FN9O12PS/c1-34(2)29-45(67-54(73)44-31-41-30-40(23-25-43(41)66-44)59(78)83(79,80)81)57(76)69-27-11-16-47(69)56(75)65-42(24-26-49(62)71)32-82-48-17-10-14-38(51(48)61)13-8-9-18-50(72)68-53(60(5,6)7)58(77)70-28-12-15-46(70)55(74)64-35(3)37-19-21-39(22-20-37)52-36(4)63-33-84-52/h10,14,17,19-23,25,30-31,33-35,42,45-47,53,66H,8-9,11-13,15-16,18,24,26-29,32H2,1-7H3,(H2,62,71)(H,64,74)(H,65,75)(H,67,73)(H,68,72)(H2,79,80,81)/t35-,42-,45-,46-,47-,53+/m0/s1. The normalized spacial score (nSPS) is 16.9. The van der Waals surface area contributed by atoms with Crippen molar-refractivity contribution in [3.63, 3.8) is 0 Å². The van der Waals surface area contributed by atoms with Crippen LogP contribution in [0.25, 0.3) is 21.3 Å². The molecule has 0 radical (unpaired) electrons. The molecule has 0 spiro atoms. The molecule has 5 aromatic rings. The van der Waals surface area contributed by atoms with Gasteiger partial charge in [-0.2, -0.15) is 0 Å². The van der Waals surface area contributed by atoms with Crippen molar-refractivity contribution < 1.29 is 61.8 Å². The number of nitrogens with zero attached hydrogens (tertiary/aromatic N) is 3. The van der Waals surface area contributed by atoms with Gasteiger partial charge in [-0.1, -0.05) is 71.0 Å². The van der Waals surface area contributed by atoms with Crippen LogP contribution in [0.1, 0.15) is 149 Å². The van der Waals surface area contributed by atoms with E-state index in [0.717, 1.165) is 21.7 Å². The minimum Gasteiger partial charge on any atom is -0.488 e. The molecule has 7 rings (SSSR count). The van der Waals surface area contributed by atoms with Crippen LogP contribution in [0.3, 0.4) is 0 Å². The monoisotopic (exact) mass is 1200 g/mol. The van der Waals surface area contributed by atoms with Crippen molar-refractivity contribution in [2.45, 2.75) is 155 Å². The number of nitrogens with two attached hydrogens (primary N) is 1. The van der Waals surface area contributed by atoms with E-state index in [1.165, 1.54) is 35.2 Å². The van der Waals surface area contributed by atoms with E-state index in [1.807, 2.05) is 78.2 Å². The maximum Gasteiger partial charge on any atom is 0.396 e. The summed E-state index contributed by atoms with van der Waals surface area (Å²) in [5.74, 6) is -4.13. The lowest BCUT2D eigenvalue weighted by molar-refractivity contribution is -0.144. The Morgan fingerprint density at radius 1 is 0.857 bits per heavy atom. The largest absolute Gasteiger partial charge is 0.488 e. The van der Waals surface area contributed by atoms with Gasteiger partial charge in [0.1, 0.15) is 36.5 Å². The summed E-state index contributed by atoms with van der Waals surface area (Å²) in [6, 6.07) is 13.1. The minimum atomic E-state index is -5.06. The number of thiazole rings is 1. The number of benzene rings is 3. The minimum absolute atomic E-state index is 0.0204. The second-order valence-electron chi connectivity index (χ2n) is 23.3. The third kappa shape index (κ3) is 16.5. The van der Waals surface area contributed by atoms with Crippen LogP contribution in [0, 0.1) is 24.1 Å². The number of amides is 7. The fourth-order valence-electron chi connectivity index (χ4n) is 10.7. The van der Waals surface area contributed by atoms with Crippen LogP contribution in [-0.2, 0) is 39.8 Å². The van der Waals surface area contributed by atoms with Gasteiger partial charge >= 0.3 is 7.60 Å². The molecule has 0 bridgehead atoms. The van der Waals surface area contributed by atoms with Crippen molar-refractivity contribution in [1.82, 2.24) is 41.0 Å². The fourth-order valence-corrected chi connectivity index (χ4v) is 12.0. The highest BCUT2D eigenvalue weighted by molar-refractivity contribution is 7.70. The number of aromatic nitrogens is 2. The first-order valence-electron chi connectivity index (χ1n) is 28.4. The van der Waals surface area contributed by atoms with Gasteiger partial charge in [-0.05, 0) is 130 Å². The summed E-state index contributed by atoms with van der Waals surface area (Å²) >= 11 is 1.57. The number of hydrogen-bond acceptors (Lipinski definition) is 12. The molecule has 0 unspecified atom stereocenters. The number of primary amides is 1. The Labute approximate surface area is 492 Å². The fraction of sp³-hybridized carbons (Fsp3) is 0.483. The Morgan fingerprint density at radius 3 is 2.14 bits per heavy atom. The predicted octanol–water partition coefficient (Wildman–Crippen LogP) is 7.13. The molecule has 7 amide bonds. The van der Waals surface area contributed by atoms with E-state index in [1.54, 1.807) is 28.4 Å². The highest BCUT2D eigenvalue weighted by Crippen LogP contribution is 2.40. The van der Waals surface area contributed by atoms with E-state index in [0.29, 0.717) is 61.5 Å². The summed E-state index contributed by atoms with van der Waals surface area (Å²) in [6.45, 7) is 13.5. The van der Waals surface area contributed by atoms with Gasteiger partial charge in [-0.25, -0.2) is 9.37 Å². The van der Waals surface area contributed by atoms with Gasteiger partial charge in [0.25, 0.3) is 11.4 Å². The molecule has 2 aromatic heterocycles. The molecule has 2 aliphatic rings. The van der Waals surface area contributed by atoms with Crippen molar-refractivity contribution in [2.75, 3.05) is 19.7 Å². The maximum absolute atomic E-state index is 16.1. The number of carbonyl (C=O) groups excluding carboxylic acids is 8. The Kier molecular flexibility index (Phi) is 21.4. The lowest BCUT2D eigenvalue weighted by Crippen LogP contribution is -2.57. The van der Waals surface area contributed by atoms with Crippen LogP contribution in [0.4, 0.5) is 4.39 Å². The van der Waals surface area contributed by atoms with Crippen LogP contribution >= 0.6 is 18.9 Å². The van der Waals surface area contributed by atoms with Crippen LogP contribution in [-0.4, -0.2) is 126 Å². The molecule has 2 aliphatic heterocycles. The van der Waals surface area contributed by atoms with Gasteiger partial charge in [0.15, 0.2) is 11.6 Å². The topological polar surface area (TPSA) is 313 Å².